The molecule has 0 aliphatic heterocycles. The van der Waals surface area contributed by atoms with Gasteiger partial charge in [0.1, 0.15) is 0 Å². The Morgan fingerprint density at radius 3 is 2.64 bits per heavy atom. The van der Waals surface area contributed by atoms with E-state index in [9.17, 15) is 9.59 Å². The maximum atomic E-state index is 12.2. The summed E-state index contributed by atoms with van der Waals surface area (Å²) in [5.74, 6) is -0.139. The van der Waals surface area contributed by atoms with Crippen molar-refractivity contribution in [3.63, 3.8) is 0 Å². The van der Waals surface area contributed by atoms with Gasteiger partial charge in [0.25, 0.3) is 0 Å². The SMILES string of the molecule is CC(=O)c1ccccc1NC(=O)Cc1ccc2c(c1)CCC2. The molecule has 112 valence electrons. The molecular weight excluding hydrogens is 274 g/mol. The Morgan fingerprint density at radius 1 is 1.05 bits per heavy atom. The van der Waals surface area contributed by atoms with E-state index in [1.807, 2.05) is 12.1 Å². The maximum Gasteiger partial charge on any atom is 0.228 e. The number of para-hydroxylation sites is 1. The molecule has 0 saturated carbocycles. The third kappa shape index (κ3) is 3.08. The number of amides is 1. The lowest BCUT2D eigenvalue weighted by atomic mass is 10.0. The van der Waals surface area contributed by atoms with Crippen LogP contribution in [0.3, 0.4) is 0 Å². The number of anilines is 1. The van der Waals surface area contributed by atoms with Crippen LogP contribution in [0.1, 0.15) is 40.4 Å². The summed E-state index contributed by atoms with van der Waals surface area (Å²) < 4.78 is 0. The number of benzene rings is 2. The zero-order valence-electron chi connectivity index (χ0n) is 12.7. The number of fused-ring (bicyclic) bond motifs is 1. The highest BCUT2D eigenvalue weighted by Crippen LogP contribution is 2.23. The summed E-state index contributed by atoms with van der Waals surface area (Å²) in [5.41, 5.74) is 4.94. The molecule has 0 fully saturated rings. The van der Waals surface area contributed by atoms with E-state index in [2.05, 4.69) is 17.4 Å². The molecule has 3 rings (SSSR count). The number of nitrogens with one attached hydrogen (secondary N) is 1. The number of rotatable bonds is 4. The quantitative estimate of drug-likeness (QED) is 0.876. The van der Waals surface area contributed by atoms with Crippen LogP contribution in [-0.2, 0) is 24.1 Å². The first-order chi connectivity index (χ1) is 10.6. The highest BCUT2D eigenvalue weighted by Gasteiger charge is 2.13. The van der Waals surface area contributed by atoms with Crippen molar-refractivity contribution in [1.29, 1.82) is 0 Å². The van der Waals surface area contributed by atoms with Gasteiger partial charge in [-0.1, -0.05) is 30.3 Å². The average Bonchev–Trinajstić information content (AvgIpc) is 2.95. The largest absolute Gasteiger partial charge is 0.325 e. The van der Waals surface area contributed by atoms with Crippen LogP contribution in [0.25, 0.3) is 0 Å². The summed E-state index contributed by atoms with van der Waals surface area (Å²) in [4.78, 5) is 23.8. The fourth-order valence-electron chi connectivity index (χ4n) is 3.01. The highest BCUT2D eigenvalue weighted by molar-refractivity contribution is 6.04. The zero-order chi connectivity index (χ0) is 15.5. The number of hydrogen-bond acceptors (Lipinski definition) is 2. The fraction of sp³-hybridized carbons (Fsp3) is 0.263. The molecule has 0 atom stereocenters. The van der Waals surface area contributed by atoms with E-state index in [-0.39, 0.29) is 11.7 Å². The molecule has 0 saturated heterocycles. The third-order valence-corrected chi connectivity index (χ3v) is 4.11. The van der Waals surface area contributed by atoms with Crippen molar-refractivity contribution in [1.82, 2.24) is 0 Å². The first-order valence-corrected chi connectivity index (χ1v) is 7.64. The maximum absolute atomic E-state index is 12.2. The van der Waals surface area contributed by atoms with Crippen molar-refractivity contribution >= 4 is 17.4 Å². The van der Waals surface area contributed by atoms with Crippen LogP contribution in [0, 0.1) is 0 Å². The first kappa shape index (κ1) is 14.5. The molecule has 0 aromatic heterocycles. The number of hydrogen-bond donors (Lipinski definition) is 1. The van der Waals surface area contributed by atoms with Crippen molar-refractivity contribution < 1.29 is 9.59 Å². The smallest absolute Gasteiger partial charge is 0.228 e. The number of ketones is 1. The second-order valence-corrected chi connectivity index (χ2v) is 5.78. The van der Waals surface area contributed by atoms with Gasteiger partial charge in [-0.05, 0) is 55.0 Å². The van der Waals surface area contributed by atoms with E-state index in [1.165, 1.54) is 24.5 Å². The van der Waals surface area contributed by atoms with Gasteiger partial charge in [0.2, 0.25) is 5.91 Å². The van der Waals surface area contributed by atoms with Crippen molar-refractivity contribution in [2.75, 3.05) is 5.32 Å². The van der Waals surface area contributed by atoms with Gasteiger partial charge in [0.15, 0.2) is 5.78 Å². The Kier molecular flexibility index (Phi) is 4.05. The lowest BCUT2D eigenvalue weighted by molar-refractivity contribution is -0.115. The molecule has 0 heterocycles. The number of aryl methyl sites for hydroxylation is 2. The van der Waals surface area contributed by atoms with Crippen molar-refractivity contribution in [3.8, 4) is 0 Å². The Hall–Kier alpha value is -2.42. The van der Waals surface area contributed by atoms with E-state index >= 15 is 0 Å². The molecule has 1 aliphatic rings. The zero-order valence-corrected chi connectivity index (χ0v) is 12.7. The predicted molar refractivity (Wildman–Crippen MR) is 87.2 cm³/mol. The normalized spacial score (nSPS) is 12.8. The van der Waals surface area contributed by atoms with Crippen LogP contribution in [0.2, 0.25) is 0 Å². The molecule has 1 amide bonds. The lowest BCUT2D eigenvalue weighted by Gasteiger charge is -2.10. The number of carbonyl (C=O) groups excluding carboxylic acids is 2. The molecule has 1 N–H and O–H groups in total. The first-order valence-electron chi connectivity index (χ1n) is 7.64. The van der Waals surface area contributed by atoms with Crippen LogP contribution in [-0.4, -0.2) is 11.7 Å². The van der Waals surface area contributed by atoms with Crippen molar-refractivity contribution in [2.45, 2.75) is 32.6 Å². The third-order valence-electron chi connectivity index (χ3n) is 4.11. The van der Waals surface area contributed by atoms with Crippen LogP contribution in [0.4, 0.5) is 5.69 Å². The Labute approximate surface area is 130 Å². The Morgan fingerprint density at radius 2 is 1.82 bits per heavy atom. The minimum Gasteiger partial charge on any atom is -0.325 e. The fourth-order valence-corrected chi connectivity index (χ4v) is 3.01. The van der Waals surface area contributed by atoms with Crippen molar-refractivity contribution in [2.24, 2.45) is 0 Å². The monoisotopic (exact) mass is 293 g/mol. The predicted octanol–water partition coefficient (Wildman–Crippen LogP) is 3.56. The average molecular weight is 293 g/mol. The van der Waals surface area contributed by atoms with Crippen LogP contribution in [0.5, 0.6) is 0 Å². The van der Waals surface area contributed by atoms with Gasteiger partial charge in [-0.25, -0.2) is 0 Å². The van der Waals surface area contributed by atoms with Crippen molar-refractivity contribution in [3.05, 3.63) is 64.7 Å². The summed E-state index contributed by atoms with van der Waals surface area (Å²) in [6.07, 6.45) is 3.79. The minimum atomic E-state index is -0.0911. The van der Waals surface area contributed by atoms with E-state index in [0.717, 1.165) is 18.4 Å². The number of Topliss-reactive ketones (excluding diaryl/α,β-unsaturated/α-hetero) is 1. The summed E-state index contributed by atoms with van der Waals surface area (Å²) in [6.45, 7) is 1.51. The van der Waals surface area contributed by atoms with Gasteiger partial charge < -0.3 is 5.32 Å². The molecule has 0 bridgehead atoms. The molecule has 0 spiro atoms. The minimum absolute atomic E-state index is 0.0477. The van der Waals surface area contributed by atoms with E-state index < -0.39 is 0 Å². The van der Waals surface area contributed by atoms with Crippen LogP contribution in [0.15, 0.2) is 42.5 Å². The molecule has 1 aliphatic carbocycles. The van der Waals surface area contributed by atoms with Gasteiger partial charge in [-0.3, -0.25) is 9.59 Å². The highest BCUT2D eigenvalue weighted by atomic mass is 16.1. The summed E-state index contributed by atoms with van der Waals surface area (Å²) in [5, 5.41) is 2.85. The Bertz CT molecular complexity index is 734. The summed E-state index contributed by atoms with van der Waals surface area (Å²) >= 11 is 0. The van der Waals surface area contributed by atoms with E-state index in [1.54, 1.807) is 18.2 Å². The number of carbonyl (C=O) groups is 2. The van der Waals surface area contributed by atoms with Crippen LogP contribution < -0.4 is 5.32 Å². The molecule has 3 heteroatoms. The van der Waals surface area contributed by atoms with Gasteiger partial charge in [0.05, 0.1) is 12.1 Å². The van der Waals surface area contributed by atoms with Crippen LogP contribution >= 0.6 is 0 Å². The lowest BCUT2D eigenvalue weighted by Crippen LogP contribution is -2.16. The molecule has 2 aromatic rings. The van der Waals surface area contributed by atoms with Gasteiger partial charge >= 0.3 is 0 Å². The van der Waals surface area contributed by atoms with E-state index in [0.29, 0.717) is 17.7 Å². The summed E-state index contributed by atoms with van der Waals surface area (Å²) in [6, 6.07) is 13.4. The summed E-state index contributed by atoms with van der Waals surface area (Å²) in [7, 11) is 0. The molecule has 0 radical (unpaired) electrons. The topological polar surface area (TPSA) is 46.2 Å². The molecular formula is C19H19NO2. The van der Waals surface area contributed by atoms with Gasteiger partial charge in [0, 0.05) is 5.56 Å². The van der Waals surface area contributed by atoms with Gasteiger partial charge in [-0.2, -0.15) is 0 Å². The van der Waals surface area contributed by atoms with Gasteiger partial charge in [-0.15, -0.1) is 0 Å². The molecule has 3 nitrogen and oxygen atoms in total. The second-order valence-electron chi connectivity index (χ2n) is 5.78. The second kappa shape index (κ2) is 6.14. The molecule has 0 unspecified atom stereocenters. The molecule has 2 aromatic carbocycles. The Balaban J connectivity index is 1.72. The molecule has 22 heavy (non-hydrogen) atoms. The standard InChI is InChI=1S/C19H19NO2/c1-13(21)17-7-2-3-8-18(17)20-19(22)12-14-9-10-15-5-4-6-16(15)11-14/h2-3,7-11H,4-6,12H2,1H3,(H,20,22). The van der Waals surface area contributed by atoms with E-state index in [4.69, 9.17) is 0 Å².